The standard InChI is InChI=1S/C16H19N3O3/c1-10-14(11(2)19(3)18-10)15(20)17-9-13(16(21)22)12-7-5-4-6-8-12/h4-8,13H,9H2,1-3H3,(H,17,20)(H,21,22). The van der Waals surface area contributed by atoms with Gasteiger partial charge in [-0.1, -0.05) is 30.3 Å². The van der Waals surface area contributed by atoms with Gasteiger partial charge in [-0.15, -0.1) is 0 Å². The van der Waals surface area contributed by atoms with E-state index in [1.54, 1.807) is 49.8 Å². The fourth-order valence-electron chi connectivity index (χ4n) is 2.42. The number of aryl methyl sites for hydroxylation is 2. The van der Waals surface area contributed by atoms with Crippen LogP contribution in [0.1, 0.15) is 33.2 Å². The molecule has 6 heteroatoms. The summed E-state index contributed by atoms with van der Waals surface area (Å²) in [6.45, 7) is 3.60. The molecule has 1 atom stereocenters. The van der Waals surface area contributed by atoms with Crippen molar-refractivity contribution >= 4 is 11.9 Å². The molecule has 0 spiro atoms. The van der Waals surface area contributed by atoms with E-state index in [-0.39, 0.29) is 12.5 Å². The zero-order valence-corrected chi connectivity index (χ0v) is 12.8. The highest BCUT2D eigenvalue weighted by molar-refractivity contribution is 5.96. The number of rotatable bonds is 5. The van der Waals surface area contributed by atoms with Gasteiger partial charge in [0, 0.05) is 19.3 Å². The Morgan fingerprint density at radius 1 is 1.27 bits per heavy atom. The number of hydrogen-bond acceptors (Lipinski definition) is 3. The molecule has 6 nitrogen and oxygen atoms in total. The van der Waals surface area contributed by atoms with E-state index in [2.05, 4.69) is 10.4 Å². The zero-order chi connectivity index (χ0) is 16.3. The van der Waals surface area contributed by atoms with Gasteiger partial charge >= 0.3 is 5.97 Å². The van der Waals surface area contributed by atoms with E-state index in [4.69, 9.17) is 0 Å². The first-order chi connectivity index (χ1) is 10.4. The molecule has 1 aromatic heterocycles. The van der Waals surface area contributed by atoms with Crippen LogP contribution in [0, 0.1) is 13.8 Å². The van der Waals surface area contributed by atoms with Crippen molar-refractivity contribution in [3.8, 4) is 0 Å². The lowest BCUT2D eigenvalue weighted by molar-refractivity contribution is -0.138. The molecule has 0 fully saturated rings. The molecule has 1 heterocycles. The third-order valence-corrected chi connectivity index (χ3v) is 3.70. The van der Waals surface area contributed by atoms with E-state index in [0.717, 1.165) is 5.69 Å². The predicted octanol–water partition coefficient (Wildman–Crippen LogP) is 1.64. The summed E-state index contributed by atoms with van der Waals surface area (Å²) in [5.41, 5.74) is 2.54. The number of nitrogens with one attached hydrogen (secondary N) is 1. The van der Waals surface area contributed by atoms with Gasteiger partial charge in [-0.2, -0.15) is 5.10 Å². The molecule has 1 aromatic carbocycles. The average molecular weight is 301 g/mol. The molecule has 116 valence electrons. The number of aliphatic carboxylic acids is 1. The summed E-state index contributed by atoms with van der Waals surface area (Å²) in [6.07, 6.45) is 0. The Bertz CT molecular complexity index is 692. The van der Waals surface area contributed by atoms with Gasteiger partial charge in [0.25, 0.3) is 5.91 Å². The van der Waals surface area contributed by atoms with Crippen molar-refractivity contribution in [1.29, 1.82) is 0 Å². The summed E-state index contributed by atoms with van der Waals surface area (Å²) in [5.74, 6) is -2.04. The Morgan fingerprint density at radius 2 is 1.91 bits per heavy atom. The van der Waals surface area contributed by atoms with Crippen LogP contribution in [0.25, 0.3) is 0 Å². The maximum atomic E-state index is 12.3. The van der Waals surface area contributed by atoms with Gasteiger partial charge in [0.05, 0.1) is 17.2 Å². The summed E-state index contributed by atoms with van der Waals surface area (Å²) in [5, 5.41) is 16.2. The number of carboxylic acids is 1. The van der Waals surface area contributed by atoms with Gasteiger partial charge in [0.15, 0.2) is 0 Å². The molecule has 2 rings (SSSR count). The molecule has 2 aromatic rings. The molecule has 0 saturated heterocycles. The number of amides is 1. The fraction of sp³-hybridized carbons (Fsp3) is 0.312. The molecule has 0 aliphatic rings. The fourth-order valence-corrected chi connectivity index (χ4v) is 2.42. The lowest BCUT2D eigenvalue weighted by Crippen LogP contribution is -2.32. The third kappa shape index (κ3) is 3.16. The summed E-state index contributed by atoms with van der Waals surface area (Å²) in [6, 6.07) is 8.87. The number of carbonyl (C=O) groups excluding carboxylic acids is 1. The Kier molecular flexibility index (Phi) is 4.60. The van der Waals surface area contributed by atoms with Crippen molar-refractivity contribution in [2.24, 2.45) is 7.05 Å². The lowest BCUT2D eigenvalue weighted by Gasteiger charge is -2.14. The normalized spacial score (nSPS) is 12.0. The Balaban J connectivity index is 2.13. The van der Waals surface area contributed by atoms with Crippen molar-refractivity contribution < 1.29 is 14.7 Å². The van der Waals surface area contributed by atoms with Gasteiger partial charge in [0.1, 0.15) is 0 Å². The van der Waals surface area contributed by atoms with E-state index in [0.29, 0.717) is 16.8 Å². The van der Waals surface area contributed by atoms with E-state index in [9.17, 15) is 14.7 Å². The minimum atomic E-state index is -0.967. The monoisotopic (exact) mass is 301 g/mol. The van der Waals surface area contributed by atoms with Gasteiger partial charge in [0.2, 0.25) is 0 Å². The molecule has 0 aliphatic heterocycles. The van der Waals surface area contributed by atoms with Crippen LogP contribution in [0.15, 0.2) is 30.3 Å². The molecule has 0 aliphatic carbocycles. The molecule has 0 radical (unpaired) electrons. The minimum Gasteiger partial charge on any atom is -0.481 e. The highest BCUT2D eigenvalue weighted by Gasteiger charge is 2.23. The number of nitrogens with zero attached hydrogens (tertiary/aromatic N) is 2. The first-order valence-corrected chi connectivity index (χ1v) is 6.98. The molecular formula is C16H19N3O3. The van der Waals surface area contributed by atoms with E-state index in [1.807, 2.05) is 6.07 Å². The largest absolute Gasteiger partial charge is 0.481 e. The van der Waals surface area contributed by atoms with Crippen LogP contribution < -0.4 is 5.32 Å². The second-order valence-electron chi connectivity index (χ2n) is 5.18. The van der Waals surface area contributed by atoms with E-state index >= 15 is 0 Å². The molecule has 0 bridgehead atoms. The Morgan fingerprint density at radius 3 is 2.41 bits per heavy atom. The van der Waals surface area contributed by atoms with Crippen LogP contribution >= 0.6 is 0 Å². The molecule has 2 N–H and O–H groups in total. The van der Waals surface area contributed by atoms with Crippen molar-refractivity contribution in [3.05, 3.63) is 52.8 Å². The van der Waals surface area contributed by atoms with Crippen LogP contribution in [0.5, 0.6) is 0 Å². The third-order valence-electron chi connectivity index (χ3n) is 3.70. The van der Waals surface area contributed by atoms with Gasteiger partial charge in [-0.3, -0.25) is 14.3 Å². The van der Waals surface area contributed by atoms with E-state index < -0.39 is 11.9 Å². The highest BCUT2D eigenvalue weighted by Crippen LogP contribution is 2.16. The first-order valence-electron chi connectivity index (χ1n) is 6.98. The second kappa shape index (κ2) is 6.43. The van der Waals surface area contributed by atoms with Crippen molar-refractivity contribution in [2.45, 2.75) is 19.8 Å². The van der Waals surface area contributed by atoms with Crippen molar-refractivity contribution in [1.82, 2.24) is 15.1 Å². The van der Waals surface area contributed by atoms with Crippen LogP contribution in [0.4, 0.5) is 0 Å². The molecule has 1 unspecified atom stereocenters. The quantitative estimate of drug-likeness (QED) is 0.879. The molecule has 1 amide bonds. The van der Waals surface area contributed by atoms with Crippen LogP contribution in [0.3, 0.4) is 0 Å². The summed E-state index contributed by atoms with van der Waals surface area (Å²) in [7, 11) is 1.77. The Labute approximate surface area is 128 Å². The van der Waals surface area contributed by atoms with Crippen LogP contribution in [-0.4, -0.2) is 33.3 Å². The highest BCUT2D eigenvalue weighted by atomic mass is 16.4. The first kappa shape index (κ1) is 15.8. The number of aromatic nitrogens is 2. The van der Waals surface area contributed by atoms with Crippen molar-refractivity contribution in [3.63, 3.8) is 0 Å². The van der Waals surface area contributed by atoms with Crippen LogP contribution in [0.2, 0.25) is 0 Å². The van der Waals surface area contributed by atoms with Gasteiger partial charge < -0.3 is 10.4 Å². The summed E-state index contributed by atoms with van der Waals surface area (Å²) < 4.78 is 1.64. The smallest absolute Gasteiger partial charge is 0.312 e. The second-order valence-corrected chi connectivity index (χ2v) is 5.18. The minimum absolute atomic E-state index is 0.0337. The van der Waals surface area contributed by atoms with Crippen molar-refractivity contribution in [2.75, 3.05) is 6.54 Å². The SMILES string of the molecule is Cc1nn(C)c(C)c1C(=O)NCC(C(=O)O)c1ccccc1. The molecular weight excluding hydrogens is 282 g/mol. The topological polar surface area (TPSA) is 84.2 Å². The summed E-state index contributed by atoms with van der Waals surface area (Å²) in [4.78, 5) is 23.7. The number of carbonyl (C=O) groups is 2. The van der Waals surface area contributed by atoms with E-state index in [1.165, 1.54) is 0 Å². The maximum Gasteiger partial charge on any atom is 0.312 e. The van der Waals surface area contributed by atoms with Gasteiger partial charge in [-0.05, 0) is 19.4 Å². The molecule has 22 heavy (non-hydrogen) atoms. The Hall–Kier alpha value is -2.63. The summed E-state index contributed by atoms with van der Waals surface area (Å²) >= 11 is 0. The zero-order valence-electron chi connectivity index (χ0n) is 12.8. The number of hydrogen-bond donors (Lipinski definition) is 2. The maximum absolute atomic E-state index is 12.3. The van der Waals surface area contributed by atoms with Crippen LogP contribution in [-0.2, 0) is 11.8 Å². The van der Waals surface area contributed by atoms with Gasteiger partial charge in [-0.25, -0.2) is 0 Å². The lowest BCUT2D eigenvalue weighted by atomic mass is 9.99. The predicted molar refractivity (Wildman–Crippen MR) is 81.8 cm³/mol. The number of benzene rings is 1. The average Bonchev–Trinajstić information content (AvgIpc) is 2.73. The molecule has 0 saturated carbocycles. The number of carboxylic acid groups (broad SMARTS) is 1.